The van der Waals surface area contributed by atoms with E-state index >= 15 is 0 Å². The van der Waals surface area contributed by atoms with Crippen molar-refractivity contribution < 1.29 is 18.0 Å². The number of rotatable bonds is 7. The molecule has 0 unspecified atom stereocenters. The molecule has 0 aliphatic heterocycles. The van der Waals surface area contributed by atoms with Gasteiger partial charge in [-0.3, -0.25) is 4.57 Å². The number of furan rings is 1. The Bertz CT molecular complexity index is 470. The van der Waals surface area contributed by atoms with Gasteiger partial charge in [0.15, 0.2) is 0 Å². The quantitative estimate of drug-likeness (QED) is 0.559. The summed E-state index contributed by atoms with van der Waals surface area (Å²) in [7, 11) is -3.17. The van der Waals surface area contributed by atoms with Crippen molar-refractivity contribution in [2.45, 2.75) is 25.3 Å². The summed E-state index contributed by atoms with van der Waals surface area (Å²) in [4.78, 5) is 0. The third-order valence-corrected chi connectivity index (χ3v) is 4.68. The molecule has 5 nitrogen and oxygen atoms in total. The fourth-order valence-corrected chi connectivity index (χ4v) is 3.70. The second kappa shape index (κ2) is 7.10. The van der Waals surface area contributed by atoms with E-state index in [0.717, 1.165) is 0 Å². The molecule has 100 valence electrons. The highest BCUT2D eigenvalue weighted by Crippen LogP contribution is 2.52. The van der Waals surface area contributed by atoms with Crippen LogP contribution in [0.5, 0.6) is 0 Å². The summed E-state index contributed by atoms with van der Waals surface area (Å²) in [6.45, 7) is 4.13. The van der Waals surface area contributed by atoms with Crippen LogP contribution in [0.15, 0.2) is 10.5 Å². The number of halogens is 1. The molecule has 0 spiro atoms. The fourth-order valence-electron chi connectivity index (χ4n) is 1.50. The molecular weight excluding hydrogens is 321 g/mol. The molecule has 0 aliphatic carbocycles. The van der Waals surface area contributed by atoms with Gasteiger partial charge in [0.1, 0.15) is 11.8 Å². The van der Waals surface area contributed by atoms with Crippen LogP contribution < -0.4 is 0 Å². The third kappa shape index (κ3) is 3.96. The summed E-state index contributed by atoms with van der Waals surface area (Å²) in [5, 5.41) is 9.23. The van der Waals surface area contributed by atoms with Gasteiger partial charge in [0.25, 0.3) is 0 Å². The molecule has 0 bridgehead atoms. The molecule has 0 amide bonds. The maximum Gasteiger partial charge on any atom is 0.335 e. The lowest BCUT2D eigenvalue weighted by atomic mass is 10.3. The standard InChI is InChI=1S/C11H15BrNO4P/c1-3-15-18(14,16-4-2)8-9-5-10(7-13)17-11(9)6-12/h5H,3-4,6,8H2,1-2H3. The minimum atomic E-state index is -3.17. The zero-order chi connectivity index (χ0) is 13.6. The van der Waals surface area contributed by atoms with Crippen LogP contribution in [0.3, 0.4) is 0 Å². The molecule has 0 saturated heterocycles. The lowest BCUT2D eigenvalue weighted by Crippen LogP contribution is -1.99. The average Bonchev–Trinajstić information content (AvgIpc) is 2.71. The first-order valence-electron chi connectivity index (χ1n) is 5.54. The van der Waals surface area contributed by atoms with E-state index in [1.54, 1.807) is 19.9 Å². The third-order valence-electron chi connectivity index (χ3n) is 2.14. The van der Waals surface area contributed by atoms with Gasteiger partial charge in [-0.25, -0.2) is 0 Å². The molecule has 0 N–H and O–H groups in total. The molecule has 0 aliphatic rings. The van der Waals surface area contributed by atoms with E-state index in [2.05, 4.69) is 15.9 Å². The summed E-state index contributed by atoms with van der Waals surface area (Å²) in [5.41, 5.74) is 0.675. The van der Waals surface area contributed by atoms with Gasteiger partial charge in [-0.05, 0) is 19.9 Å². The molecule has 0 aromatic carbocycles. The topological polar surface area (TPSA) is 72.5 Å². The van der Waals surface area contributed by atoms with Crippen LogP contribution in [0.1, 0.15) is 30.9 Å². The van der Waals surface area contributed by atoms with Gasteiger partial charge >= 0.3 is 7.60 Å². The number of nitriles is 1. The Labute approximate surface area is 115 Å². The Balaban J connectivity index is 2.96. The van der Waals surface area contributed by atoms with Crippen LogP contribution in [0.2, 0.25) is 0 Å². The van der Waals surface area contributed by atoms with E-state index in [1.165, 1.54) is 0 Å². The SMILES string of the molecule is CCOP(=O)(Cc1cc(C#N)oc1CBr)OCC. The molecular formula is C11H15BrNO4P. The number of hydrogen-bond donors (Lipinski definition) is 0. The lowest BCUT2D eigenvalue weighted by Gasteiger charge is -2.16. The summed E-state index contributed by atoms with van der Waals surface area (Å²) >= 11 is 3.26. The minimum absolute atomic E-state index is 0.112. The van der Waals surface area contributed by atoms with E-state index in [1.807, 2.05) is 6.07 Å². The van der Waals surface area contributed by atoms with Crippen molar-refractivity contribution in [3.8, 4) is 6.07 Å². The van der Waals surface area contributed by atoms with Crippen molar-refractivity contribution >= 4 is 23.5 Å². The predicted molar refractivity (Wildman–Crippen MR) is 70.6 cm³/mol. The first-order valence-corrected chi connectivity index (χ1v) is 8.39. The van der Waals surface area contributed by atoms with Crippen LogP contribution >= 0.6 is 23.5 Å². The molecule has 1 heterocycles. The molecule has 7 heteroatoms. The number of nitrogens with zero attached hydrogens (tertiary/aromatic N) is 1. The van der Waals surface area contributed by atoms with Crippen molar-refractivity contribution in [3.63, 3.8) is 0 Å². The minimum Gasteiger partial charge on any atom is -0.449 e. The summed E-state index contributed by atoms with van der Waals surface area (Å²) in [6.07, 6.45) is 0.112. The lowest BCUT2D eigenvalue weighted by molar-refractivity contribution is 0.219. The summed E-state index contributed by atoms with van der Waals surface area (Å²) in [5.74, 6) is 0.769. The van der Waals surface area contributed by atoms with Gasteiger partial charge in [0.05, 0.1) is 24.7 Å². The van der Waals surface area contributed by atoms with Crippen molar-refractivity contribution in [1.82, 2.24) is 0 Å². The molecule has 18 heavy (non-hydrogen) atoms. The Morgan fingerprint density at radius 2 is 2.06 bits per heavy atom. The Morgan fingerprint density at radius 1 is 1.44 bits per heavy atom. The number of hydrogen-bond acceptors (Lipinski definition) is 5. The summed E-state index contributed by atoms with van der Waals surface area (Å²) in [6, 6.07) is 3.48. The fraction of sp³-hybridized carbons (Fsp3) is 0.545. The second-order valence-electron chi connectivity index (χ2n) is 3.41. The maximum absolute atomic E-state index is 12.4. The zero-order valence-electron chi connectivity index (χ0n) is 10.3. The van der Waals surface area contributed by atoms with Crippen LogP contribution in [0, 0.1) is 11.3 Å². The molecule has 0 fully saturated rings. The van der Waals surface area contributed by atoms with Gasteiger partial charge in [0.2, 0.25) is 5.76 Å². The summed E-state index contributed by atoms with van der Waals surface area (Å²) < 4.78 is 28.1. The van der Waals surface area contributed by atoms with Crippen LogP contribution in [-0.4, -0.2) is 13.2 Å². The molecule has 0 radical (unpaired) electrons. The normalized spacial score (nSPS) is 11.4. The van der Waals surface area contributed by atoms with Gasteiger partial charge in [-0.2, -0.15) is 5.26 Å². The van der Waals surface area contributed by atoms with Gasteiger partial charge in [-0.1, -0.05) is 15.9 Å². The average molecular weight is 336 g/mol. The van der Waals surface area contributed by atoms with Gasteiger partial charge in [-0.15, -0.1) is 0 Å². The Morgan fingerprint density at radius 3 is 2.50 bits per heavy atom. The van der Waals surface area contributed by atoms with E-state index in [-0.39, 0.29) is 11.9 Å². The first-order chi connectivity index (χ1) is 8.58. The van der Waals surface area contributed by atoms with Gasteiger partial charge in [0, 0.05) is 5.56 Å². The van der Waals surface area contributed by atoms with Crippen molar-refractivity contribution in [1.29, 1.82) is 5.26 Å². The van der Waals surface area contributed by atoms with E-state index < -0.39 is 7.60 Å². The van der Waals surface area contributed by atoms with Crippen LogP contribution in [0.4, 0.5) is 0 Å². The highest BCUT2D eigenvalue weighted by molar-refractivity contribution is 9.08. The van der Waals surface area contributed by atoms with Crippen molar-refractivity contribution in [3.05, 3.63) is 23.2 Å². The second-order valence-corrected chi connectivity index (χ2v) is 6.02. The predicted octanol–water partition coefficient (Wildman–Crippen LogP) is 3.81. The van der Waals surface area contributed by atoms with E-state index in [0.29, 0.717) is 29.9 Å². The van der Waals surface area contributed by atoms with Gasteiger partial charge < -0.3 is 13.5 Å². The monoisotopic (exact) mass is 335 g/mol. The van der Waals surface area contributed by atoms with Crippen molar-refractivity contribution in [2.75, 3.05) is 13.2 Å². The molecule has 1 aromatic heterocycles. The largest absolute Gasteiger partial charge is 0.449 e. The highest BCUT2D eigenvalue weighted by Gasteiger charge is 2.27. The molecule has 1 rings (SSSR count). The zero-order valence-corrected chi connectivity index (χ0v) is 12.8. The molecule has 0 saturated carbocycles. The van der Waals surface area contributed by atoms with E-state index in [9.17, 15) is 4.57 Å². The maximum atomic E-state index is 12.4. The Kier molecular flexibility index (Phi) is 6.10. The van der Waals surface area contributed by atoms with Crippen LogP contribution in [0.25, 0.3) is 0 Å². The van der Waals surface area contributed by atoms with E-state index in [4.69, 9.17) is 18.7 Å². The highest BCUT2D eigenvalue weighted by atomic mass is 79.9. The first kappa shape index (κ1) is 15.5. The van der Waals surface area contributed by atoms with Crippen molar-refractivity contribution in [2.24, 2.45) is 0 Å². The smallest absolute Gasteiger partial charge is 0.335 e. The van der Waals surface area contributed by atoms with Crippen LogP contribution in [-0.2, 0) is 25.1 Å². The Hall–Kier alpha value is -0.600. The number of alkyl halides is 1. The molecule has 1 aromatic rings. The molecule has 0 atom stereocenters.